The van der Waals surface area contributed by atoms with E-state index in [2.05, 4.69) is 5.32 Å². The van der Waals surface area contributed by atoms with Gasteiger partial charge in [-0.05, 0) is 44.6 Å². The Bertz CT molecular complexity index is 255. The van der Waals surface area contributed by atoms with E-state index < -0.39 is 12.3 Å². The summed E-state index contributed by atoms with van der Waals surface area (Å²) in [6.07, 6.45) is 8.96. The van der Waals surface area contributed by atoms with Crippen molar-refractivity contribution in [3.8, 4) is 0 Å². The Hall–Kier alpha value is -0.610. The predicted octanol–water partition coefficient (Wildman–Crippen LogP) is 1.57. The first-order valence-electron chi connectivity index (χ1n) is 6.83. The number of nitrogens with one attached hydrogen (secondary N) is 1. The Balaban J connectivity index is 2.12. The molecule has 1 unspecified atom stereocenters. The molecule has 0 radical (unpaired) electrons. The van der Waals surface area contributed by atoms with Crippen molar-refractivity contribution in [2.45, 2.75) is 56.9 Å². The van der Waals surface area contributed by atoms with Crippen molar-refractivity contribution in [2.75, 3.05) is 13.3 Å². The van der Waals surface area contributed by atoms with Gasteiger partial charge in [-0.2, -0.15) is 0 Å². The highest BCUT2D eigenvalue weighted by Crippen LogP contribution is 2.38. The molecule has 0 aromatic rings. The number of ether oxygens (including phenoxy) is 1. The highest BCUT2D eigenvalue weighted by molar-refractivity contribution is 5.81. The molecule has 17 heavy (non-hydrogen) atoms. The lowest BCUT2D eigenvalue weighted by Gasteiger charge is -2.43. The number of rotatable bonds is 3. The molecule has 1 saturated carbocycles. The quantitative estimate of drug-likeness (QED) is 0.581. The molecule has 1 aliphatic carbocycles. The van der Waals surface area contributed by atoms with E-state index in [4.69, 9.17) is 9.84 Å². The minimum Gasteiger partial charge on any atom is -0.437 e. The molecule has 1 heterocycles. The third kappa shape index (κ3) is 2.63. The Morgan fingerprint density at radius 3 is 2.59 bits per heavy atom. The minimum absolute atomic E-state index is 0.244. The summed E-state index contributed by atoms with van der Waals surface area (Å²) in [6.45, 7) is 0.381. The van der Waals surface area contributed by atoms with Crippen molar-refractivity contribution in [1.82, 2.24) is 5.32 Å². The maximum absolute atomic E-state index is 12.2. The first-order chi connectivity index (χ1) is 8.29. The van der Waals surface area contributed by atoms with E-state index in [9.17, 15) is 4.79 Å². The average Bonchev–Trinajstić information content (AvgIpc) is 2.41. The van der Waals surface area contributed by atoms with Crippen LogP contribution >= 0.6 is 0 Å². The standard InChI is InChI=1S/C13H23NO3/c15-10-17-12(16)13(8-4-5-9-14-13)11-6-2-1-3-7-11/h11,14-15H,1-10H2. The van der Waals surface area contributed by atoms with E-state index in [0.717, 1.165) is 38.6 Å². The number of aliphatic hydroxyl groups excluding tert-OH is 1. The predicted molar refractivity (Wildman–Crippen MR) is 64.3 cm³/mol. The fourth-order valence-electron chi connectivity index (χ4n) is 3.40. The number of aliphatic hydroxyl groups is 1. The van der Waals surface area contributed by atoms with Gasteiger partial charge in [0.2, 0.25) is 0 Å². The first-order valence-corrected chi connectivity index (χ1v) is 6.83. The monoisotopic (exact) mass is 241 g/mol. The molecular formula is C13H23NO3. The second-order valence-corrected chi connectivity index (χ2v) is 5.25. The molecule has 0 aromatic carbocycles. The molecule has 4 nitrogen and oxygen atoms in total. The summed E-state index contributed by atoms with van der Waals surface area (Å²) in [5.41, 5.74) is -0.512. The van der Waals surface area contributed by atoms with E-state index >= 15 is 0 Å². The van der Waals surface area contributed by atoms with Crippen molar-refractivity contribution in [2.24, 2.45) is 5.92 Å². The molecule has 2 fully saturated rings. The van der Waals surface area contributed by atoms with Crippen LogP contribution in [0.4, 0.5) is 0 Å². The van der Waals surface area contributed by atoms with Crippen LogP contribution in [0.15, 0.2) is 0 Å². The van der Waals surface area contributed by atoms with Crippen LogP contribution < -0.4 is 5.32 Å². The van der Waals surface area contributed by atoms with E-state index in [1.807, 2.05) is 0 Å². The molecule has 4 heteroatoms. The minimum atomic E-state index is -0.512. The van der Waals surface area contributed by atoms with E-state index in [1.165, 1.54) is 19.3 Å². The maximum atomic E-state index is 12.2. The summed E-state index contributed by atoms with van der Waals surface area (Å²) in [5, 5.41) is 12.2. The zero-order valence-corrected chi connectivity index (χ0v) is 10.4. The van der Waals surface area contributed by atoms with Crippen LogP contribution in [0.2, 0.25) is 0 Å². The Morgan fingerprint density at radius 1 is 1.24 bits per heavy atom. The van der Waals surface area contributed by atoms with Crippen LogP contribution in [0.1, 0.15) is 51.4 Å². The average molecular weight is 241 g/mol. The third-order valence-electron chi connectivity index (χ3n) is 4.30. The van der Waals surface area contributed by atoms with Crippen LogP contribution in [0.3, 0.4) is 0 Å². The number of esters is 1. The number of hydrogen-bond donors (Lipinski definition) is 2. The van der Waals surface area contributed by atoms with Crippen molar-refractivity contribution in [3.63, 3.8) is 0 Å². The largest absolute Gasteiger partial charge is 0.437 e. The normalized spacial score (nSPS) is 31.1. The van der Waals surface area contributed by atoms with Gasteiger partial charge in [0.15, 0.2) is 6.79 Å². The van der Waals surface area contributed by atoms with Crippen LogP contribution in [0.5, 0.6) is 0 Å². The van der Waals surface area contributed by atoms with Gasteiger partial charge in [0, 0.05) is 0 Å². The molecule has 0 bridgehead atoms. The van der Waals surface area contributed by atoms with E-state index in [-0.39, 0.29) is 5.97 Å². The van der Waals surface area contributed by atoms with E-state index in [1.54, 1.807) is 0 Å². The van der Waals surface area contributed by atoms with Crippen molar-refractivity contribution >= 4 is 5.97 Å². The van der Waals surface area contributed by atoms with Crippen LogP contribution in [-0.2, 0) is 9.53 Å². The molecule has 1 atom stereocenters. The lowest BCUT2D eigenvalue weighted by molar-refractivity contribution is -0.165. The number of carbonyl (C=O) groups is 1. The van der Waals surface area contributed by atoms with Gasteiger partial charge >= 0.3 is 5.97 Å². The third-order valence-corrected chi connectivity index (χ3v) is 4.30. The molecule has 98 valence electrons. The smallest absolute Gasteiger partial charge is 0.328 e. The Labute approximate surface area is 103 Å². The highest BCUT2D eigenvalue weighted by Gasteiger charge is 2.47. The summed E-state index contributed by atoms with van der Waals surface area (Å²) >= 11 is 0. The number of carbonyl (C=O) groups excluding carboxylic acids is 1. The molecule has 2 aliphatic rings. The number of piperidine rings is 1. The molecular weight excluding hydrogens is 218 g/mol. The van der Waals surface area contributed by atoms with Gasteiger partial charge in [-0.1, -0.05) is 19.3 Å². The van der Waals surface area contributed by atoms with Gasteiger partial charge in [0.1, 0.15) is 5.54 Å². The second kappa shape index (κ2) is 5.83. The van der Waals surface area contributed by atoms with Gasteiger partial charge in [-0.3, -0.25) is 0 Å². The topological polar surface area (TPSA) is 58.6 Å². The zero-order chi connectivity index (χ0) is 12.1. The SMILES string of the molecule is O=C(OCO)C1(C2CCCCC2)CCCCN1. The van der Waals surface area contributed by atoms with Gasteiger partial charge < -0.3 is 15.2 Å². The molecule has 1 aliphatic heterocycles. The first kappa shape index (κ1) is 12.8. The molecule has 2 rings (SSSR count). The molecule has 0 aromatic heterocycles. The molecule has 1 saturated heterocycles. The highest BCUT2D eigenvalue weighted by atomic mass is 16.6. The van der Waals surface area contributed by atoms with Crippen LogP contribution in [0, 0.1) is 5.92 Å². The molecule has 0 spiro atoms. The second-order valence-electron chi connectivity index (χ2n) is 5.25. The van der Waals surface area contributed by atoms with Crippen LogP contribution in [0.25, 0.3) is 0 Å². The van der Waals surface area contributed by atoms with Crippen molar-refractivity contribution in [1.29, 1.82) is 0 Å². The van der Waals surface area contributed by atoms with Gasteiger partial charge in [0.25, 0.3) is 0 Å². The van der Waals surface area contributed by atoms with Gasteiger partial charge in [-0.15, -0.1) is 0 Å². The summed E-state index contributed by atoms with van der Waals surface area (Å²) in [7, 11) is 0. The molecule has 2 N–H and O–H groups in total. The van der Waals surface area contributed by atoms with Gasteiger partial charge in [0.05, 0.1) is 0 Å². The fourth-order valence-corrected chi connectivity index (χ4v) is 3.40. The number of hydrogen-bond acceptors (Lipinski definition) is 4. The molecule has 0 amide bonds. The summed E-state index contributed by atoms with van der Waals surface area (Å²) in [4.78, 5) is 12.2. The van der Waals surface area contributed by atoms with Crippen LogP contribution in [-0.4, -0.2) is 30.0 Å². The summed E-state index contributed by atoms with van der Waals surface area (Å²) in [5.74, 6) is 0.141. The lowest BCUT2D eigenvalue weighted by Crippen LogP contribution is -2.60. The maximum Gasteiger partial charge on any atom is 0.328 e. The summed E-state index contributed by atoms with van der Waals surface area (Å²) in [6, 6.07) is 0. The zero-order valence-electron chi connectivity index (χ0n) is 10.4. The van der Waals surface area contributed by atoms with E-state index in [0.29, 0.717) is 5.92 Å². The lowest BCUT2D eigenvalue weighted by atomic mass is 9.71. The summed E-state index contributed by atoms with van der Waals surface area (Å²) < 4.78 is 4.89. The van der Waals surface area contributed by atoms with Crippen molar-refractivity contribution < 1.29 is 14.6 Å². The Morgan fingerprint density at radius 2 is 2.00 bits per heavy atom. The van der Waals surface area contributed by atoms with Crippen molar-refractivity contribution in [3.05, 3.63) is 0 Å². The van der Waals surface area contributed by atoms with Gasteiger partial charge in [-0.25, -0.2) is 4.79 Å². The fraction of sp³-hybridized carbons (Fsp3) is 0.923. The Kier molecular flexibility index (Phi) is 4.40.